The molecule has 2 saturated heterocycles. The van der Waals surface area contributed by atoms with Crippen molar-refractivity contribution in [2.75, 3.05) is 37.9 Å². The summed E-state index contributed by atoms with van der Waals surface area (Å²) in [5.74, 6) is 1.55. The van der Waals surface area contributed by atoms with Crippen LogP contribution in [0.4, 0.5) is 0 Å². The Morgan fingerprint density at radius 2 is 1.00 bits per heavy atom. The topological polar surface area (TPSA) is 24.1 Å². The summed E-state index contributed by atoms with van der Waals surface area (Å²) in [6, 6.07) is 0. The Hall–Kier alpha value is 3.10. The fourth-order valence-corrected chi connectivity index (χ4v) is 24.5. The van der Waals surface area contributed by atoms with Gasteiger partial charge in [-0.05, 0) is 12.8 Å². The monoisotopic (exact) mass is 682 g/mol. The van der Waals surface area contributed by atoms with Crippen molar-refractivity contribution in [2.45, 2.75) is 40.5 Å². The van der Waals surface area contributed by atoms with E-state index in [9.17, 15) is 0 Å². The van der Waals surface area contributed by atoms with E-state index in [1.165, 1.54) is 53.9 Å². The van der Waals surface area contributed by atoms with Crippen molar-refractivity contribution < 1.29 is 0 Å². The molecule has 0 radical (unpaired) electrons. The van der Waals surface area contributed by atoms with E-state index in [1.807, 2.05) is 0 Å². The summed E-state index contributed by atoms with van der Waals surface area (Å²) in [6.45, 7) is 5.19. The van der Waals surface area contributed by atoms with Gasteiger partial charge >= 0.3 is 122 Å². The number of rotatable bonds is 4. The minimum Gasteiger partial charge on any atom is -0.127 e. The Balaban J connectivity index is 0.000000302. The third kappa shape index (κ3) is 23.1. The van der Waals surface area contributed by atoms with Crippen molar-refractivity contribution in [1.82, 2.24) is 10.6 Å². The number of unbranched alkanes of at least 4 members (excludes halogenated alkanes) is 2. The Kier molecular flexibility index (Phi) is 27.5. The molecule has 0 aromatic carbocycles. The van der Waals surface area contributed by atoms with Crippen LogP contribution in [0, 0.1) is 0 Å². The zero-order chi connectivity index (χ0) is 16.1. The SMILES string of the molecule is C1C[Se][Se]CCN1.C1C[Se][Se][Se]CCN1.ClCCCCCCl. The van der Waals surface area contributed by atoms with E-state index in [1.54, 1.807) is 0 Å². The molecule has 2 aliphatic heterocycles. The molecule has 0 spiro atoms. The summed E-state index contributed by atoms with van der Waals surface area (Å²) >= 11 is 16.1. The number of alkyl halides is 2. The summed E-state index contributed by atoms with van der Waals surface area (Å²) < 4.78 is 0. The van der Waals surface area contributed by atoms with Crippen LogP contribution in [0.5, 0.6) is 0 Å². The van der Waals surface area contributed by atoms with Gasteiger partial charge in [-0.25, -0.2) is 0 Å². The molecule has 0 bridgehead atoms. The summed E-state index contributed by atoms with van der Waals surface area (Å²) in [7, 11) is 0. The first-order valence-corrected chi connectivity index (χ1v) is 26.5. The van der Waals surface area contributed by atoms with Crippen molar-refractivity contribution >= 4 is 87.0 Å². The van der Waals surface area contributed by atoms with Gasteiger partial charge in [0.25, 0.3) is 0 Å². The van der Waals surface area contributed by atoms with E-state index in [4.69, 9.17) is 23.2 Å². The van der Waals surface area contributed by atoms with Gasteiger partial charge in [0.2, 0.25) is 0 Å². The molecule has 134 valence electrons. The summed E-state index contributed by atoms with van der Waals surface area (Å²) in [4.78, 5) is 0. The molecule has 22 heavy (non-hydrogen) atoms. The Bertz CT molecular complexity index is 160. The second-order valence-corrected chi connectivity index (χ2v) is 30.2. The Morgan fingerprint density at radius 1 is 0.591 bits per heavy atom. The first kappa shape index (κ1) is 25.1. The molecule has 0 aromatic heterocycles. The number of nitrogens with one attached hydrogen (secondary N) is 2. The van der Waals surface area contributed by atoms with Gasteiger partial charge in [-0.1, -0.05) is 6.42 Å². The molecule has 2 aliphatic rings. The van der Waals surface area contributed by atoms with Gasteiger partial charge in [-0.3, -0.25) is 0 Å². The van der Waals surface area contributed by atoms with Gasteiger partial charge in [0.05, 0.1) is 0 Å². The average Bonchev–Trinajstić information content (AvgIpc) is 2.81. The van der Waals surface area contributed by atoms with Crippen LogP contribution < -0.4 is 10.6 Å². The zero-order valence-electron chi connectivity index (χ0n) is 13.0. The van der Waals surface area contributed by atoms with Crippen LogP contribution in [-0.2, 0) is 0 Å². The van der Waals surface area contributed by atoms with Crippen LogP contribution in [0.15, 0.2) is 0 Å². The summed E-state index contributed by atoms with van der Waals surface area (Å²) in [5, 5.41) is 12.8. The molecule has 2 N–H and O–H groups in total. The van der Waals surface area contributed by atoms with Gasteiger partial charge in [0, 0.05) is 11.8 Å². The van der Waals surface area contributed by atoms with Crippen LogP contribution >= 0.6 is 23.2 Å². The maximum atomic E-state index is 5.39. The van der Waals surface area contributed by atoms with Crippen molar-refractivity contribution in [1.29, 1.82) is 0 Å². The molecule has 0 saturated carbocycles. The molecular weight excluding hydrogens is 650 g/mol. The molecular formula is C13H28Cl2N2Se5. The van der Waals surface area contributed by atoms with Crippen molar-refractivity contribution in [2.24, 2.45) is 0 Å². The fourth-order valence-electron chi connectivity index (χ4n) is 1.29. The number of hydrogen-bond donors (Lipinski definition) is 2. The Morgan fingerprint density at radius 3 is 1.41 bits per heavy atom. The first-order valence-electron chi connectivity index (χ1n) is 7.60. The predicted octanol–water partition coefficient (Wildman–Crippen LogP) is 1.75. The van der Waals surface area contributed by atoms with Gasteiger partial charge in [-0.2, -0.15) is 0 Å². The molecule has 2 heterocycles. The molecule has 9 heteroatoms. The minimum absolute atomic E-state index is 0.775. The van der Waals surface area contributed by atoms with Gasteiger partial charge < -0.3 is 0 Å². The molecule has 0 aromatic rings. The quantitative estimate of drug-likeness (QED) is 0.270. The van der Waals surface area contributed by atoms with Crippen LogP contribution in [-0.4, -0.2) is 102 Å². The van der Waals surface area contributed by atoms with Crippen molar-refractivity contribution in [3.05, 3.63) is 0 Å². The zero-order valence-corrected chi connectivity index (χ0v) is 23.1. The number of hydrogen-bond acceptors (Lipinski definition) is 2. The van der Waals surface area contributed by atoms with E-state index >= 15 is 0 Å². The molecule has 0 aliphatic carbocycles. The second kappa shape index (κ2) is 24.1. The summed E-state index contributed by atoms with van der Waals surface area (Å²) in [6.07, 6.45) is 3.38. The standard InChI is InChI=1S/C5H10Cl2.C4H9NSe3.C4H9NSe2/c6-4-2-1-3-5-7;1-3-6-8-7-4-2-5-1;1-3-6-7-4-2-5-1/h1-5H2;5H,1-4H2;5H,1-4H2. The normalized spacial score (nSPS) is 19.4. The maximum Gasteiger partial charge on any atom is 0.0223 e. The summed E-state index contributed by atoms with van der Waals surface area (Å²) in [5.41, 5.74) is 0. The van der Waals surface area contributed by atoms with Gasteiger partial charge in [0.1, 0.15) is 0 Å². The van der Waals surface area contributed by atoms with Crippen molar-refractivity contribution in [3.8, 4) is 0 Å². The van der Waals surface area contributed by atoms with Crippen LogP contribution in [0.1, 0.15) is 19.3 Å². The van der Waals surface area contributed by atoms with Crippen molar-refractivity contribution in [3.63, 3.8) is 0 Å². The molecule has 2 rings (SSSR count). The van der Waals surface area contributed by atoms with E-state index in [0.29, 0.717) is 0 Å². The average molecular weight is 678 g/mol. The molecule has 2 fully saturated rings. The fraction of sp³-hybridized carbons (Fsp3) is 1.00. The molecule has 0 atom stereocenters. The molecule has 0 unspecified atom stereocenters. The third-order valence-corrected chi connectivity index (χ3v) is 28.9. The third-order valence-electron chi connectivity index (χ3n) is 2.40. The smallest absolute Gasteiger partial charge is 0.0223 e. The van der Waals surface area contributed by atoms with Crippen LogP contribution in [0.3, 0.4) is 0 Å². The van der Waals surface area contributed by atoms with E-state index in [2.05, 4.69) is 10.6 Å². The van der Waals surface area contributed by atoms with Crippen LogP contribution in [0.25, 0.3) is 0 Å². The van der Waals surface area contributed by atoms with E-state index in [0.717, 1.165) is 88.4 Å². The number of halogens is 2. The predicted molar refractivity (Wildman–Crippen MR) is 109 cm³/mol. The first-order chi connectivity index (χ1) is 10.9. The molecule has 2 nitrogen and oxygen atoms in total. The largest absolute Gasteiger partial charge is 0.127 e. The Labute approximate surface area is 174 Å². The minimum atomic E-state index is 0.775. The molecule has 0 amide bonds. The second-order valence-electron chi connectivity index (χ2n) is 4.29. The van der Waals surface area contributed by atoms with E-state index in [-0.39, 0.29) is 0 Å². The van der Waals surface area contributed by atoms with Gasteiger partial charge in [-0.15, -0.1) is 23.2 Å². The van der Waals surface area contributed by atoms with E-state index < -0.39 is 0 Å². The maximum absolute atomic E-state index is 5.39. The van der Waals surface area contributed by atoms with Crippen LogP contribution in [0.2, 0.25) is 21.3 Å². The van der Waals surface area contributed by atoms with Gasteiger partial charge in [0.15, 0.2) is 0 Å².